The molecule has 2 rings (SSSR count). The number of nitrogens with one attached hydrogen (secondary N) is 1. The van der Waals surface area contributed by atoms with E-state index in [-0.39, 0.29) is 0 Å². The highest BCUT2D eigenvalue weighted by Crippen LogP contribution is 2.06. The van der Waals surface area contributed by atoms with Crippen LogP contribution < -0.4 is 5.32 Å². The van der Waals surface area contributed by atoms with Gasteiger partial charge in [-0.05, 0) is 24.9 Å². The third-order valence-corrected chi connectivity index (χ3v) is 3.06. The van der Waals surface area contributed by atoms with Crippen molar-refractivity contribution in [2.75, 3.05) is 6.54 Å². The van der Waals surface area contributed by atoms with E-state index in [1.54, 1.807) is 0 Å². The quantitative estimate of drug-likeness (QED) is 0.810. The molecule has 0 aliphatic heterocycles. The Morgan fingerprint density at radius 3 is 2.83 bits per heavy atom. The summed E-state index contributed by atoms with van der Waals surface area (Å²) in [6, 6.07) is 10.6. The third-order valence-electron chi connectivity index (χ3n) is 3.06. The molecular formula is C15H21N3. The molecule has 1 aromatic heterocycles. The Kier molecular flexibility index (Phi) is 4.97. The second-order valence-electron chi connectivity index (χ2n) is 4.45. The third kappa shape index (κ3) is 3.70. The largest absolute Gasteiger partial charge is 0.333 e. The zero-order chi connectivity index (χ0) is 12.6. The van der Waals surface area contributed by atoms with Crippen molar-refractivity contribution in [3.05, 3.63) is 54.1 Å². The Labute approximate surface area is 109 Å². The number of aryl methyl sites for hydroxylation is 2. The predicted octanol–water partition coefficient (Wildman–Crippen LogP) is 2.63. The average Bonchev–Trinajstić information content (AvgIpc) is 2.85. The molecule has 0 aliphatic carbocycles. The lowest BCUT2D eigenvalue weighted by Crippen LogP contribution is -2.15. The van der Waals surface area contributed by atoms with Crippen molar-refractivity contribution >= 4 is 0 Å². The van der Waals surface area contributed by atoms with Crippen LogP contribution in [0.3, 0.4) is 0 Å². The Balaban J connectivity index is 1.81. The van der Waals surface area contributed by atoms with Gasteiger partial charge in [-0.2, -0.15) is 0 Å². The predicted molar refractivity (Wildman–Crippen MR) is 74.4 cm³/mol. The van der Waals surface area contributed by atoms with Gasteiger partial charge in [0.1, 0.15) is 0 Å². The summed E-state index contributed by atoms with van der Waals surface area (Å²) < 4.78 is 2.24. The number of aromatic nitrogens is 2. The molecule has 1 N–H and O–H groups in total. The zero-order valence-electron chi connectivity index (χ0n) is 11.0. The van der Waals surface area contributed by atoms with E-state index < -0.39 is 0 Å². The first-order chi connectivity index (χ1) is 8.90. The van der Waals surface area contributed by atoms with E-state index in [2.05, 4.69) is 52.1 Å². The van der Waals surface area contributed by atoms with Gasteiger partial charge in [0.25, 0.3) is 0 Å². The minimum absolute atomic E-state index is 0.905. The highest BCUT2D eigenvalue weighted by atomic mass is 15.1. The van der Waals surface area contributed by atoms with Gasteiger partial charge in [-0.25, -0.2) is 4.98 Å². The second-order valence-corrected chi connectivity index (χ2v) is 4.45. The van der Waals surface area contributed by atoms with Crippen LogP contribution in [0.2, 0.25) is 0 Å². The Morgan fingerprint density at radius 2 is 2.06 bits per heavy atom. The van der Waals surface area contributed by atoms with E-state index in [1.165, 1.54) is 11.3 Å². The topological polar surface area (TPSA) is 29.9 Å². The number of rotatable bonds is 7. The van der Waals surface area contributed by atoms with Gasteiger partial charge in [-0.1, -0.05) is 37.3 Å². The van der Waals surface area contributed by atoms with Crippen LogP contribution in [0.15, 0.2) is 42.9 Å². The maximum Gasteiger partial charge on any atom is 0.0948 e. The van der Waals surface area contributed by atoms with Gasteiger partial charge in [-0.3, -0.25) is 0 Å². The summed E-state index contributed by atoms with van der Waals surface area (Å²) in [6.07, 6.45) is 6.15. The molecule has 0 atom stereocenters. The molecule has 0 spiro atoms. The lowest BCUT2D eigenvalue weighted by atomic mass is 10.1. The summed E-state index contributed by atoms with van der Waals surface area (Å²) in [5.74, 6) is 0. The van der Waals surface area contributed by atoms with Gasteiger partial charge in [0.15, 0.2) is 0 Å². The molecule has 1 aromatic carbocycles. The molecule has 0 saturated carbocycles. The van der Waals surface area contributed by atoms with Crippen molar-refractivity contribution in [2.45, 2.75) is 32.9 Å². The van der Waals surface area contributed by atoms with E-state index >= 15 is 0 Å². The normalized spacial score (nSPS) is 10.7. The van der Waals surface area contributed by atoms with Crippen LogP contribution in [0.5, 0.6) is 0 Å². The first kappa shape index (κ1) is 12.8. The van der Waals surface area contributed by atoms with Crippen LogP contribution in [-0.4, -0.2) is 16.1 Å². The molecule has 0 bridgehead atoms. The average molecular weight is 243 g/mol. The van der Waals surface area contributed by atoms with Crippen LogP contribution >= 0.6 is 0 Å². The van der Waals surface area contributed by atoms with Gasteiger partial charge in [0, 0.05) is 19.3 Å². The minimum Gasteiger partial charge on any atom is -0.333 e. The number of nitrogens with zero attached hydrogens (tertiary/aromatic N) is 2. The van der Waals surface area contributed by atoms with Crippen LogP contribution in [0.4, 0.5) is 0 Å². The summed E-state index contributed by atoms with van der Waals surface area (Å²) in [5, 5.41) is 3.34. The number of imidazole rings is 1. The molecule has 3 nitrogen and oxygen atoms in total. The number of benzene rings is 1. The molecule has 96 valence electrons. The smallest absolute Gasteiger partial charge is 0.0948 e. The van der Waals surface area contributed by atoms with Crippen molar-refractivity contribution in [3.8, 4) is 0 Å². The standard InChI is InChI=1S/C15H21N3/c1-2-16-11-15-12-17-13-18(15)10-6-9-14-7-4-3-5-8-14/h3-5,7-8,12-13,16H,2,6,9-11H2,1H3. The molecule has 0 unspecified atom stereocenters. The monoisotopic (exact) mass is 243 g/mol. The van der Waals surface area contributed by atoms with E-state index in [4.69, 9.17) is 0 Å². The van der Waals surface area contributed by atoms with Gasteiger partial charge in [0.2, 0.25) is 0 Å². The van der Waals surface area contributed by atoms with Crippen molar-refractivity contribution in [1.29, 1.82) is 0 Å². The maximum absolute atomic E-state index is 4.22. The van der Waals surface area contributed by atoms with Crippen molar-refractivity contribution in [1.82, 2.24) is 14.9 Å². The molecule has 3 heteroatoms. The van der Waals surface area contributed by atoms with Gasteiger partial charge < -0.3 is 9.88 Å². The van der Waals surface area contributed by atoms with Crippen molar-refractivity contribution < 1.29 is 0 Å². The Morgan fingerprint density at radius 1 is 1.22 bits per heavy atom. The Hall–Kier alpha value is -1.61. The summed E-state index contributed by atoms with van der Waals surface area (Å²) in [5.41, 5.74) is 2.68. The maximum atomic E-state index is 4.22. The van der Waals surface area contributed by atoms with Gasteiger partial charge >= 0.3 is 0 Å². The molecule has 2 aromatic rings. The first-order valence-corrected chi connectivity index (χ1v) is 6.64. The van der Waals surface area contributed by atoms with E-state index in [9.17, 15) is 0 Å². The van der Waals surface area contributed by atoms with Crippen LogP contribution in [0.25, 0.3) is 0 Å². The summed E-state index contributed by atoms with van der Waals surface area (Å²) in [4.78, 5) is 4.22. The fourth-order valence-electron chi connectivity index (χ4n) is 2.05. The molecule has 1 heterocycles. The highest BCUT2D eigenvalue weighted by molar-refractivity contribution is 5.14. The Bertz CT molecular complexity index is 448. The lowest BCUT2D eigenvalue weighted by Gasteiger charge is -2.08. The van der Waals surface area contributed by atoms with E-state index in [1.807, 2.05) is 12.5 Å². The van der Waals surface area contributed by atoms with Crippen molar-refractivity contribution in [3.63, 3.8) is 0 Å². The molecule has 18 heavy (non-hydrogen) atoms. The van der Waals surface area contributed by atoms with Crippen LogP contribution in [-0.2, 0) is 19.5 Å². The number of hydrogen-bond donors (Lipinski definition) is 1. The molecule has 0 aliphatic rings. The summed E-state index contributed by atoms with van der Waals surface area (Å²) >= 11 is 0. The summed E-state index contributed by atoms with van der Waals surface area (Å²) in [7, 11) is 0. The van der Waals surface area contributed by atoms with Crippen molar-refractivity contribution in [2.24, 2.45) is 0 Å². The molecule has 0 amide bonds. The minimum atomic E-state index is 0.905. The first-order valence-electron chi connectivity index (χ1n) is 6.64. The number of hydrogen-bond acceptors (Lipinski definition) is 2. The zero-order valence-corrected chi connectivity index (χ0v) is 11.0. The van der Waals surface area contributed by atoms with E-state index in [0.717, 1.165) is 32.5 Å². The lowest BCUT2D eigenvalue weighted by molar-refractivity contribution is 0.592. The molecule has 0 fully saturated rings. The highest BCUT2D eigenvalue weighted by Gasteiger charge is 2.01. The SMILES string of the molecule is CCNCc1cncn1CCCc1ccccc1. The van der Waals surface area contributed by atoms with Gasteiger partial charge in [0.05, 0.1) is 12.0 Å². The summed E-state index contributed by atoms with van der Waals surface area (Å²) in [6.45, 7) is 5.06. The fourth-order valence-corrected chi connectivity index (χ4v) is 2.05. The molecular weight excluding hydrogens is 222 g/mol. The molecule has 0 saturated heterocycles. The fraction of sp³-hybridized carbons (Fsp3) is 0.400. The van der Waals surface area contributed by atoms with Crippen LogP contribution in [0, 0.1) is 0 Å². The van der Waals surface area contributed by atoms with Crippen LogP contribution in [0.1, 0.15) is 24.6 Å². The second kappa shape index (κ2) is 6.97. The molecule has 0 radical (unpaired) electrons. The van der Waals surface area contributed by atoms with E-state index in [0.29, 0.717) is 0 Å². The van der Waals surface area contributed by atoms with Gasteiger partial charge in [-0.15, -0.1) is 0 Å².